The predicted octanol–water partition coefficient (Wildman–Crippen LogP) is 5.89. The Labute approximate surface area is 189 Å². The highest BCUT2D eigenvalue weighted by Crippen LogP contribution is 2.29. The topological polar surface area (TPSA) is 67.6 Å². The number of aromatic nitrogens is 1. The fourth-order valence-electron chi connectivity index (χ4n) is 2.96. The van der Waals surface area contributed by atoms with Crippen LogP contribution in [0.15, 0.2) is 65.1 Å². The zero-order valence-electron chi connectivity index (χ0n) is 16.9. The van der Waals surface area contributed by atoms with Crippen molar-refractivity contribution in [3.05, 3.63) is 70.7 Å². The molecule has 3 aromatic carbocycles. The molecule has 0 saturated carbocycles. The van der Waals surface area contributed by atoms with E-state index in [0.29, 0.717) is 38.5 Å². The molecule has 31 heavy (non-hydrogen) atoms. The van der Waals surface area contributed by atoms with Crippen LogP contribution in [0, 0.1) is 0 Å². The Morgan fingerprint density at radius 3 is 2.55 bits per heavy atom. The van der Waals surface area contributed by atoms with Gasteiger partial charge in [-0.15, -0.1) is 0 Å². The summed E-state index contributed by atoms with van der Waals surface area (Å²) in [6.07, 6.45) is 0. The van der Waals surface area contributed by atoms with Crippen LogP contribution in [0.2, 0.25) is 10.0 Å². The van der Waals surface area contributed by atoms with Crippen LogP contribution in [0.5, 0.6) is 5.75 Å². The number of nitrogens with zero attached hydrogens (tertiary/aromatic N) is 2. The minimum atomic E-state index is -0.326. The van der Waals surface area contributed by atoms with E-state index in [1.165, 1.54) is 0 Å². The van der Waals surface area contributed by atoms with Crippen molar-refractivity contribution in [2.75, 3.05) is 30.9 Å². The number of nitrogens with one attached hydrogen (secondary N) is 1. The summed E-state index contributed by atoms with van der Waals surface area (Å²) in [5.41, 5.74) is 3.83. The number of benzene rings is 3. The summed E-state index contributed by atoms with van der Waals surface area (Å²) >= 11 is 11.9. The maximum atomic E-state index is 12.3. The van der Waals surface area contributed by atoms with Crippen LogP contribution < -0.4 is 15.0 Å². The van der Waals surface area contributed by atoms with E-state index in [2.05, 4.69) is 10.3 Å². The van der Waals surface area contributed by atoms with E-state index < -0.39 is 0 Å². The molecule has 0 fully saturated rings. The van der Waals surface area contributed by atoms with E-state index in [1.807, 2.05) is 43.3 Å². The van der Waals surface area contributed by atoms with Gasteiger partial charge in [0, 0.05) is 36.1 Å². The molecule has 0 aliphatic carbocycles. The van der Waals surface area contributed by atoms with E-state index in [4.69, 9.17) is 32.4 Å². The fourth-order valence-corrected chi connectivity index (χ4v) is 3.43. The Bertz CT molecular complexity index is 1240. The fraction of sp³-hybridized carbons (Fsp3) is 0.130. The van der Waals surface area contributed by atoms with Crippen LogP contribution in [0.3, 0.4) is 0 Å². The van der Waals surface area contributed by atoms with E-state index in [1.54, 1.807) is 36.4 Å². The van der Waals surface area contributed by atoms with Gasteiger partial charge in [-0.2, -0.15) is 0 Å². The number of ether oxygens (including phenoxy) is 1. The molecule has 0 aliphatic heterocycles. The van der Waals surface area contributed by atoms with Crippen molar-refractivity contribution < 1.29 is 13.9 Å². The molecular weight excluding hydrogens is 437 g/mol. The summed E-state index contributed by atoms with van der Waals surface area (Å²) in [6.45, 7) is -0.193. The number of halogens is 2. The minimum absolute atomic E-state index is 0.193. The first-order valence-electron chi connectivity index (χ1n) is 9.45. The van der Waals surface area contributed by atoms with Gasteiger partial charge in [-0.3, -0.25) is 4.79 Å². The number of fused-ring (bicyclic) bond motifs is 1. The van der Waals surface area contributed by atoms with Gasteiger partial charge in [-0.05, 0) is 60.7 Å². The molecule has 1 N–H and O–H groups in total. The second kappa shape index (κ2) is 8.88. The van der Waals surface area contributed by atoms with Crippen molar-refractivity contribution in [2.24, 2.45) is 0 Å². The van der Waals surface area contributed by atoms with Gasteiger partial charge in [0.05, 0.1) is 5.02 Å². The van der Waals surface area contributed by atoms with Gasteiger partial charge in [0.2, 0.25) is 5.89 Å². The van der Waals surface area contributed by atoms with Gasteiger partial charge in [0.15, 0.2) is 12.2 Å². The monoisotopic (exact) mass is 455 g/mol. The molecule has 1 heterocycles. The lowest BCUT2D eigenvalue weighted by atomic mass is 10.2. The minimum Gasteiger partial charge on any atom is -0.482 e. The van der Waals surface area contributed by atoms with Crippen molar-refractivity contribution >= 4 is 51.6 Å². The number of carbonyl (C=O) groups excluding carboxylic acids is 1. The Hall–Kier alpha value is -3.22. The smallest absolute Gasteiger partial charge is 0.262 e. The summed E-state index contributed by atoms with van der Waals surface area (Å²) in [5.74, 6) is 0.580. The Morgan fingerprint density at radius 2 is 1.84 bits per heavy atom. The molecule has 0 atom stereocenters. The van der Waals surface area contributed by atoms with Crippen molar-refractivity contribution in [3.8, 4) is 17.2 Å². The first kappa shape index (κ1) is 21.0. The molecule has 158 valence electrons. The van der Waals surface area contributed by atoms with Gasteiger partial charge < -0.3 is 19.4 Å². The standard InChI is InChI=1S/C23H19Cl2N3O3/c1-28(2)17-7-3-14(4-8-17)23-27-19-12-16(6-10-21(19)31-23)26-22(29)13-30-20-9-5-15(24)11-18(20)25/h3-12H,13H2,1-2H3,(H,26,29). The molecule has 0 aliphatic rings. The average Bonchev–Trinajstić information content (AvgIpc) is 3.16. The van der Waals surface area contributed by atoms with E-state index in [9.17, 15) is 4.79 Å². The molecule has 1 aromatic heterocycles. The molecule has 0 saturated heterocycles. The summed E-state index contributed by atoms with van der Waals surface area (Å²) in [4.78, 5) is 18.8. The van der Waals surface area contributed by atoms with Crippen molar-refractivity contribution in [1.82, 2.24) is 4.98 Å². The third kappa shape index (κ3) is 4.93. The summed E-state index contributed by atoms with van der Waals surface area (Å²) in [6, 6.07) is 18.0. The van der Waals surface area contributed by atoms with Crippen LogP contribution >= 0.6 is 23.2 Å². The molecular formula is C23H19Cl2N3O3. The number of oxazole rings is 1. The van der Waals surface area contributed by atoms with Gasteiger partial charge in [-0.25, -0.2) is 4.98 Å². The summed E-state index contributed by atoms with van der Waals surface area (Å²) in [7, 11) is 3.97. The lowest BCUT2D eigenvalue weighted by molar-refractivity contribution is -0.118. The van der Waals surface area contributed by atoms with Crippen LogP contribution in [0.25, 0.3) is 22.6 Å². The molecule has 6 nitrogen and oxygen atoms in total. The maximum Gasteiger partial charge on any atom is 0.262 e. The van der Waals surface area contributed by atoms with Crippen LogP contribution in [-0.2, 0) is 4.79 Å². The highest BCUT2D eigenvalue weighted by molar-refractivity contribution is 6.35. The molecule has 0 bridgehead atoms. The quantitative estimate of drug-likeness (QED) is 0.392. The molecule has 0 radical (unpaired) electrons. The highest BCUT2D eigenvalue weighted by atomic mass is 35.5. The second-order valence-electron chi connectivity index (χ2n) is 7.05. The van der Waals surface area contributed by atoms with Gasteiger partial charge in [0.25, 0.3) is 5.91 Å². The van der Waals surface area contributed by atoms with Crippen molar-refractivity contribution in [2.45, 2.75) is 0 Å². The molecule has 8 heteroatoms. The molecule has 0 unspecified atom stereocenters. The number of carbonyl (C=O) groups is 1. The molecule has 0 spiro atoms. The number of hydrogen-bond acceptors (Lipinski definition) is 5. The van der Waals surface area contributed by atoms with E-state index in [0.717, 1.165) is 11.3 Å². The maximum absolute atomic E-state index is 12.3. The number of rotatable bonds is 6. The van der Waals surface area contributed by atoms with Gasteiger partial charge in [-0.1, -0.05) is 23.2 Å². The van der Waals surface area contributed by atoms with E-state index >= 15 is 0 Å². The zero-order valence-corrected chi connectivity index (χ0v) is 18.4. The Morgan fingerprint density at radius 1 is 1.06 bits per heavy atom. The second-order valence-corrected chi connectivity index (χ2v) is 7.90. The first-order valence-corrected chi connectivity index (χ1v) is 10.2. The summed E-state index contributed by atoms with van der Waals surface area (Å²) in [5, 5.41) is 3.62. The van der Waals surface area contributed by atoms with Gasteiger partial charge >= 0.3 is 0 Å². The highest BCUT2D eigenvalue weighted by Gasteiger charge is 2.11. The van der Waals surface area contributed by atoms with Crippen molar-refractivity contribution in [1.29, 1.82) is 0 Å². The number of hydrogen-bond donors (Lipinski definition) is 1. The van der Waals surface area contributed by atoms with Crippen LogP contribution in [-0.4, -0.2) is 31.6 Å². The summed E-state index contributed by atoms with van der Waals surface area (Å²) < 4.78 is 11.3. The SMILES string of the molecule is CN(C)c1ccc(-c2nc3cc(NC(=O)COc4ccc(Cl)cc4Cl)ccc3o2)cc1. The molecule has 4 aromatic rings. The normalized spacial score (nSPS) is 10.8. The first-order chi connectivity index (χ1) is 14.9. The third-order valence-corrected chi connectivity index (χ3v) is 5.09. The zero-order chi connectivity index (χ0) is 22.0. The van der Waals surface area contributed by atoms with Crippen molar-refractivity contribution in [3.63, 3.8) is 0 Å². The Kier molecular flexibility index (Phi) is 6.02. The largest absolute Gasteiger partial charge is 0.482 e. The Balaban J connectivity index is 1.44. The van der Waals surface area contributed by atoms with Crippen LogP contribution in [0.4, 0.5) is 11.4 Å². The van der Waals surface area contributed by atoms with E-state index in [-0.39, 0.29) is 12.5 Å². The number of amides is 1. The molecule has 1 amide bonds. The lowest BCUT2D eigenvalue weighted by Crippen LogP contribution is -2.20. The molecule has 4 rings (SSSR count). The third-order valence-electron chi connectivity index (χ3n) is 4.55. The van der Waals surface area contributed by atoms with Crippen LogP contribution in [0.1, 0.15) is 0 Å². The number of anilines is 2. The average molecular weight is 456 g/mol. The van der Waals surface area contributed by atoms with Gasteiger partial charge in [0.1, 0.15) is 11.3 Å². The predicted molar refractivity (Wildman–Crippen MR) is 124 cm³/mol. The lowest BCUT2D eigenvalue weighted by Gasteiger charge is -2.11.